The Morgan fingerprint density at radius 3 is 2.75 bits per heavy atom. The molecular weight excluding hydrogens is 260 g/mol. The molecule has 1 amide bonds. The second-order valence-corrected chi connectivity index (χ2v) is 5.19. The minimum absolute atomic E-state index is 0.0501. The number of aliphatic carboxylic acids is 1. The molecule has 2 N–H and O–H groups in total. The molecule has 108 valence electrons. The predicted octanol–water partition coefficient (Wildman–Crippen LogP) is 1.46. The van der Waals surface area contributed by atoms with Crippen molar-refractivity contribution in [3.63, 3.8) is 0 Å². The molecule has 0 aliphatic heterocycles. The lowest BCUT2D eigenvalue weighted by molar-refractivity contribution is -0.145. The summed E-state index contributed by atoms with van der Waals surface area (Å²) in [5, 5.41) is 11.6. The molecule has 1 heterocycles. The smallest absolute Gasteiger partial charge is 0.306 e. The quantitative estimate of drug-likeness (QED) is 0.851. The van der Waals surface area contributed by atoms with Gasteiger partial charge in [-0.2, -0.15) is 0 Å². The standard InChI is InChI=1S/C14H18N2O4/c1-8(2)20-11-4-3-5-15-12(11)13(17)16-10-6-9(7-10)14(18)19/h3-5,8-10H,6-7H2,1-2H3,(H,16,17)(H,18,19). The maximum Gasteiger partial charge on any atom is 0.306 e. The molecule has 0 atom stereocenters. The molecule has 6 nitrogen and oxygen atoms in total. The zero-order valence-electron chi connectivity index (χ0n) is 11.5. The highest BCUT2D eigenvalue weighted by atomic mass is 16.5. The Labute approximate surface area is 117 Å². The maximum atomic E-state index is 12.1. The summed E-state index contributed by atoms with van der Waals surface area (Å²) in [6, 6.07) is 3.30. The fraction of sp³-hybridized carbons (Fsp3) is 0.500. The molecule has 1 aromatic rings. The van der Waals surface area contributed by atoms with Crippen LogP contribution in [0.4, 0.5) is 0 Å². The van der Waals surface area contributed by atoms with E-state index >= 15 is 0 Å². The van der Waals surface area contributed by atoms with Crippen molar-refractivity contribution in [2.45, 2.75) is 38.8 Å². The highest BCUT2D eigenvalue weighted by Gasteiger charge is 2.35. The largest absolute Gasteiger partial charge is 0.489 e. The van der Waals surface area contributed by atoms with E-state index < -0.39 is 5.97 Å². The summed E-state index contributed by atoms with van der Waals surface area (Å²) in [7, 11) is 0. The summed E-state index contributed by atoms with van der Waals surface area (Å²) in [5.41, 5.74) is 0.236. The van der Waals surface area contributed by atoms with Gasteiger partial charge in [-0.15, -0.1) is 0 Å². The predicted molar refractivity (Wildman–Crippen MR) is 71.6 cm³/mol. The lowest BCUT2D eigenvalue weighted by atomic mass is 9.80. The maximum absolute atomic E-state index is 12.1. The van der Waals surface area contributed by atoms with Gasteiger partial charge in [-0.1, -0.05) is 0 Å². The minimum Gasteiger partial charge on any atom is -0.489 e. The van der Waals surface area contributed by atoms with E-state index in [0.717, 1.165) is 0 Å². The highest BCUT2D eigenvalue weighted by Crippen LogP contribution is 2.28. The second-order valence-electron chi connectivity index (χ2n) is 5.19. The van der Waals surface area contributed by atoms with E-state index in [1.165, 1.54) is 6.20 Å². The number of ether oxygens (including phenoxy) is 1. The molecule has 6 heteroatoms. The first-order valence-electron chi connectivity index (χ1n) is 6.62. The molecule has 0 unspecified atom stereocenters. The van der Waals surface area contributed by atoms with Crippen molar-refractivity contribution >= 4 is 11.9 Å². The van der Waals surface area contributed by atoms with E-state index in [1.807, 2.05) is 13.8 Å². The second kappa shape index (κ2) is 5.90. The van der Waals surface area contributed by atoms with Gasteiger partial charge in [0.25, 0.3) is 5.91 Å². The Kier molecular flexibility index (Phi) is 4.22. The number of aromatic nitrogens is 1. The molecule has 0 aromatic carbocycles. The lowest BCUT2D eigenvalue weighted by Crippen LogP contribution is -2.46. The van der Waals surface area contributed by atoms with Crippen LogP contribution in [0.2, 0.25) is 0 Å². The summed E-state index contributed by atoms with van der Waals surface area (Å²) in [6.45, 7) is 3.75. The van der Waals surface area contributed by atoms with Crippen LogP contribution < -0.4 is 10.1 Å². The van der Waals surface area contributed by atoms with Gasteiger partial charge in [-0.3, -0.25) is 9.59 Å². The first-order valence-corrected chi connectivity index (χ1v) is 6.62. The lowest BCUT2D eigenvalue weighted by Gasteiger charge is -2.32. The van der Waals surface area contributed by atoms with Gasteiger partial charge in [-0.25, -0.2) is 4.98 Å². The Morgan fingerprint density at radius 2 is 2.15 bits per heavy atom. The van der Waals surface area contributed by atoms with E-state index in [1.54, 1.807) is 12.1 Å². The number of carboxylic acids is 1. The van der Waals surface area contributed by atoms with Crippen molar-refractivity contribution in [2.75, 3.05) is 0 Å². The van der Waals surface area contributed by atoms with E-state index in [4.69, 9.17) is 9.84 Å². The van der Waals surface area contributed by atoms with Gasteiger partial charge in [0.2, 0.25) is 0 Å². The van der Waals surface area contributed by atoms with Crippen molar-refractivity contribution in [3.8, 4) is 5.75 Å². The van der Waals surface area contributed by atoms with E-state index in [2.05, 4.69) is 10.3 Å². The molecule has 0 radical (unpaired) electrons. The van der Waals surface area contributed by atoms with Crippen LogP contribution in [0.15, 0.2) is 18.3 Å². The van der Waals surface area contributed by atoms with Gasteiger partial charge < -0.3 is 15.2 Å². The molecule has 2 rings (SSSR count). The molecule has 0 spiro atoms. The fourth-order valence-corrected chi connectivity index (χ4v) is 2.10. The van der Waals surface area contributed by atoms with Crippen LogP contribution in [-0.2, 0) is 4.79 Å². The average Bonchev–Trinajstić information content (AvgIpc) is 2.32. The van der Waals surface area contributed by atoms with Crippen LogP contribution in [0.1, 0.15) is 37.2 Å². The van der Waals surface area contributed by atoms with Crippen LogP contribution in [-0.4, -0.2) is 34.1 Å². The first-order chi connectivity index (χ1) is 9.47. The number of carbonyl (C=O) groups is 2. The van der Waals surface area contributed by atoms with Crippen LogP contribution in [0.5, 0.6) is 5.75 Å². The van der Waals surface area contributed by atoms with Gasteiger partial charge in [0, 0.05) is 12.2 Å². The Bertz CT molecular complexity index is 510. The first kappa shape index (κ1) is 14.3. The van der Waals surface area contributed by atoms with Crippen molar-refractivity contribution < 1.29 is 19.4 Å². The minimum atomic E-state index is -0.808. The summed E-state index contributed by atoms with van der Waals surface area (Å²) < 4.78 is 5.54. The number of nitrogens with one attached hydrogen (secondary N) is 1. The normalized spacial score (nSPS) is 21.1. The number of carboxylic acid groups (broad SMARTS) is 1. The molecule has 0 saturated heterocycles. The van der Waals surface area contributed by atoms with E-state index in [9.17, 15) is 9.59 Å². The zero-order valence-corrected chi connectivity index (χ0v) is 11.5. The monoisotopic (exact) mass is 278 g/mol. The molecule has 0 bridgehead atoms. The third-order valence-electron chi connectivity index (χ3n) is 3.17. The number of hydrogen-bond donors (Lipinski definition) is 2. The number of rotatable bonds is 5. The van der Waals surface area contributed by atoms with Crippen molar-refractivity contribution in [2.24, 2.45) is 5.92 Å². The topological polar surface area (TPSA) is 88.5 Å². The number of carbonyl (C=O) groups excluding carboxylic acids is 1. The highest BCUT2D eigenvalue weighted by molar-refractivity contribution is 5.95. The number of pyridine rings is 1. The molecule has 1 aromatic heterocycles. The zero-order chi connectivity index (χ0) is 14.7. The fourth-order valence-electron chi connectivity index (χ4n) is 2.10. The van der Waals surface area contributed by atoms with Crippen LogP contribution in [0.25, 0.3) is 0 Å². The third-order valence-corrected chi connectivity index (χ3v) is 3.17. The van der Waals surface area contributed by atoms with Gasteiger partial charge in [-0.05, 0) is 38.8 Å². The van der Waals surface area contributed by atoms with Crippen molar-refractivity contribution in [3.05, 3.63) is 24.0 Å². The number of nitrogens with zero attached hydrogens (tertiary/aromatic N) is 1. The average molecular weight is 278 g/mol. The molecule has 1 aliphatic carbocycles. The van der Waals surface area contributed by atoms with Gasteiger partial charge in [0.15, 0.2) is 11.4 Å². The van der Waals surface area contributed by atoms with Gasteiger partial charge in [0.05, 0.1) is 12.0 Å². The molecule has 1 saturated carbocycles. The molecular formula is C14H18N2O4. The summed E-state index contributed by atoms with van der Waals surface area (Å²) in [6.07, 6.45) is 2.41. The number of amides is 1. The van der Waals surface area contributed by atoms with Crippen LogP contribution in [0, 0.1) is 5.92 Å². The number of hydrogen-bond acceptors (Lipinski definition) is 4. The van der Waals surface area contributed by atoms with Crippen LogP contribution in [0.3, 0.4) is 0 Å². The Balaban J connectivity index is 1.98. The molecule has 20 heavy (non-hydrogen) atoms. The summed E-state index contributed by atoms with van der Waals surface area (Å²) in [5.74, 6) is -1.04. The molecule has 1 fully saturated rings. The summed E-state index contributed by atoms with van der Waals surface area (Å²) in [4.78, 5) is 26.9. The van der Waals surface area contributed by atoms with E-state index in [-0.39, 0.29) is 29.7 Å². The van der Waals surface area contributed by atoms with E-state index in [0.29, 0.717) is 18.6 Å². The third kappa shape index (κ3) is 3.26. The van der Waals surface area contributed by atoms with Crippen molar-refractivity contribution in [1.29, 1.82) is 0 Å². The summed E-state index contributed by atoms with van der Waals surface area (Å²) >= 11 is 0. The Hall–Kier alpha value is -2.11. The van der Waals surface area contributed by atoms with Crippen LogP contribution >= 0.6 is 0 Å². The Morgan fingerprint density at radius 1 is 1.45 bits per heavy atom. The SMILES string of the molecule is CC(C)Oc1cccnc1C(=O)NC1CC(C(=O)O)C1. The van der Waals surface area contributed by atoms with Gasteiger partial charge in [0.1, 0.15) is 0 Å². The van der Waals surface area contributed by atoms with Crippen molar-refractivity contribution in [1.82, 2.24) is 10.3 Å². The van der Waals surface area contributed by atoms with Gasteiger partial charge >= 0.3 is 5.97 Å². The molecule has 1 aliphatic rings.